The van der Waals surface area contributed by atoms with Crippen LogP contribution in [0.25, 0.3) is 0 Å². The third-order valence-electron chi connectivity index (χ3n) is 2.91. The Hall–Kier alpha value is -1.03. The highest BCUT2D eigenvalue weighted by Crippen LogP contribution is 2.42. The fraction of sp³-hybridized carbons (Fsp3) is 0.455. The summed E-state index contributed by atoms with van der Waals surface area (Å²) >= 11 is 0. The lowest BCUT2D eigenvalue weighted by molar-refractivity contribution is -0.137. The van der Waals surface area contributed by atoms with Crippen LogP contribution in [0.1, 0.15) is 30.4 Å². The van der Waals surface area contributed by atoms with Crippen LogP contribution in [-0.4, -0.2) is 5.11 Å². The summed E-state index contributed by atoms with van der Waals surface area (Å²) in [6.45, 7) is 0. The van der Waals surface area contributed by atoms with Gasteiger partial charge in [0.1, 0.15) is 0 Å². The lowest BCUT2D eigenvalue weighted by Gasteiger charge is -2.37. The molecule has 0 atom stereocenters. The van der Waals surface area contributed by atoms with Crippen LogP contribution in [0.3, 0.4) is 0 Å². The van der Waals surface area contributed by atoms with Crippen molar-refractivity contribution in [3.63, 3.8) is 0 Å². The first-order valence-electron chi connectivity index (χ1n) is 4.82. The molecular weight excluding hydrogens is 205 g/mol. The van der Waals surface area contributed by atoms with Crippen molar-refractivity contribution in [2.75, 3.05) is 0 Å². The molecule has 1 aromatic carbocycles. The zero-order chi connectivity index (χ0) is 11.1. The summed E-state index contributed by atoms with van der Waals surface area (Å²) in [5.41, 5.74) is -1.34. The van der Waals surface area contributed by atoms with Gasteiger partial charge in [0.15, 0.2) is 0 Å². The Morgan fingerprint density at radius 1 is 1.20 bits per heavy atom. The highest BCUT2D eigenvalue weighted by atomic mass is 19.4. The molecule has 0 amide bonds. The van der Waals surface area contributed by atoms with Crippen LogP contribution in [-0.2, 0) is 11.8 Å². The highest BCUT2D eigenvalue weighted by molar-refractivity contribution is 5.31. The average Bonchev–Trinajstić information content (AvgIpc) is 2.13. The molecule has 0 aromatic heterocycles. The first-order chi connectivity index (χ1) is 6.92. The van der Waals surface area contributed by atoms with Gasteiger partial charge in [0.2, 0.25) is 0 Å². The van der Waals surface area contributed by atoms with Gasteiger partial charge >= 0.3 is 6.18 Å². The van der Waals surface area contributed by atoms with Crippen LogP contribution in [0.5, 0.6) is 0 Å². The summed E-state index contributed by atoms with van der Waals surface area (Å²) in [5, 5.41) is 9.90. The van der Waals surface area contributed by atoms with Gasteiger partial charge in [-0.2, -0.15) is 13.2 Å². The Balaban J connectivity index is 2.35. The molecule has 0 bridgehead atoms. The van der Waals surface area contributed by atoms with E-state index in [1.165, 1.54) is 6.07 Å². The monoisotopic (exact) mass is 216 g/mol. The number of halogens is 3. The highest BCUT2D eigenvalue weighted by Gasteiger charge is 2.38. The number of alkyl halides is 3. The lowest BCUT2D eigenvalue weighted by atomic mass is 9.75. The van der Waals surface area contributed by atoms with Crippen LogP contribution in [0.2, 0.25) is 0 Å². The minimum atomic E-state index is -4.34. The molecule has 0 aliphatic heterocycles. The normalized spacial score (nSPS) is 19.7. The molecule has 1 aromatic rings. The maximum Gasteiger partial charge on any atom is 0.416 e. The molecule has 1 aliphatic carbocycles. The summed E-state index contributed by atoms with van der Waals surface area (Å²) in [5.74, 6) is 0. The van der Waals surface area contributed by atoms with Crippen molar-refractivity contribution in [3.8, 4) is 0 Å². The van der Waals surface area contributed by atoms with Crippen LogP contribution in [0.15, 0.2) is 24.3 Å². The van der Waals surface area contributed by atoms with Crippen molar-refractivity contribution < 1.29 is 18.3 Å². The van der Waals surface area contributed by atoms with E-state index in [-0.39, 0.29) is 0 Å². The fourth-order valence-electron chi connectivity index (χ4n) is 1.79. The maximum absolute atomic E-state index is 12.4. The summed E-state index contributed by atoms with van der Waals surface area (Å²) in [7, 11) is 0. The van der Waals surface area contributed by atoms with Gasteiger partial charge in [0.05, 0.1) is 11.2 Å². The minimum absolute atomic E-state index is 0.378. The van der Waals surface area contributed by atoms with E-state index in [2.05, 4.69) is 0 Å². The zero-order valence-corrected chi connectivity index (χ0v) is 8.01. The minimum Gasteiger partial charge on any atom is -0.385 e. The van der Waals surface area contributed by atoms with Crippen LogP contribution in [0.4, 0.5) is 13.2 Å². The summed E-state index contributed by atoms with van der Waals surface area (Å²) < 4.78 is 37.2. The maximum atomic E-state index is 12.4. The van der Waals surface area contributed by atoms with E-state index in [0.29, 0.717) is 18.4 Å². The van der Waals surface area contributed by atoms with Gasteiger partial charge in [-0.3, -0.25) is 0 Å². The van der Waals surface area contributed by atoms with E-state index >= 15 is 0 Å². The van der Waals surface area contributed by atoms with E-state index in [1.54, 1.807) is 6.07 Å². The lowest BCUT2D eigenvalue weighted by Crippen LogP contribution is -2.33. The zero-order valence-electron chi connectivity index (χ0n) is 8.01. The van der Waals surface area contributed by atoms with Crippen LogP contribution >= 0.6 is 0 Å². The van der Waals surface area contributed by atoms with Gasteiger partial charge in [-0.25, -0.2) is 0 Å². The molecule has 2 rings (SSSR count). The van der Waals surface area contributed by atoms with E-state index < -0.39 is 17.3 Å². The molecule has 15 heavy (non-hydrogen) atoms. The topological polar surface area (TPSA) is 20.2 Å². The number of rotatable bonds is 1. The van der Waals surface area contributed by atoms with Crippen LogP contribution < -0.4 is 0 Å². The summed E-state index contributed by atoms with van der Waals surface area (Å²) in [4.78, 5) is 0. The van der Waals surface area contributed by atoms with Crippen molar-refractivity contribution in [2.45, 2.75) is 31.0 Å². The first kappa shape index (κ1) is 10.5. The summed E-state index contributed by atoms with van der Waals surface area (Å²) in [6, 6.07) is 4.95. The smallest absolute Gasteiger partial charge is 0.385 e. The van der Waals surface area contributed by atoms with Crippen molar-refractivity contribution in [1.29, 1.82) is 0 Å². The molecular formula is C11H11F3O. The Kier molecular flexibility index (Phi) is 2.26. The Labute approximate surface area is 85.5 Å². The third kappa shape index (κ3) is 1.86. The molecule has 1 saturated carbocycles. The number of hydrogen-bond acceptors (Lipinski definition) is 1. The fourth-order valence-corrected chi connectivity index (χ4v) is 1.79. The second-order valence-corrected chi connectivity index (χ2v) is 3.96. The average molecular weight is 216 g/mol. The second kappa shape index (κ2) is 3.23. The van der Waals surface area contributed by atoms with Gasteiger partial charge in [0.25, 0.3) is 0 Å². The molecule has 1 aliphatic rings. The molecule has 1 fully saturated rings. The third-order valence-corrected chi connectivity index (χ3v) is 2.91. The Bertz CT molecular complexity index is 366. The second-order valence-electron chi connectivity index (χ2n) is 3.96. The van der Waals surface area contributed by atoms with E-state index in [9.17, 15) is 18.3 Å². The molecule has 1 nitrogen and oxygen atoms in total. The van der Waals surface area contributed by atoms with Crippen molar-refractivity contribution in [1.82, 2.24) is 0 Å². The van der Waals surface area contributed by atoms with Gasteiger partial charge in [-0.15, -0.1) is 0 Å². The van der Waals surface area contributed by atoms with Crippen molar-refractivity contribution in [2.24, 2.45) is 0 Å². The van der Waals surface area contributed by atoms with E-state index in [4.69, 9.17) is 0 Å². The quantitative estimate of drug-likeness (QED) is 0.764. The predicted molar refractivity (Wildman–Crippen MR) is 49.2 cm³/mol. The first-order valence-corrected chi connectivity index (χ1v) is 4.82. The predicted octanol–water partition coefficient (Wildman–Crippen LogP) is 3.08. The molecule has 0 radical (unpaired) electrons. The van der Waals surface area contributed by atoms with E-state index in [0.717, 1.165) is 18.6 Å². The van der Waals surface area contributed by atoms with E-state index in [1.807, 2.05) is 0 Å². The van der Waals surface area contributed by atoms with Crippen LogP contribution in [0, 0.1) is 0 Å². The largest absolute Gasteiger partial charge is 0.416 e. The molecule has 4 heteroatoms. The number of aliphatic hydroxyl groups is 1. The standard InChI is InChI=1S/C11H11F3O/c12-11(13,14)9-4-1-3-8(7-9)10(15)5-2-6-10/h1,3-4,7,15H,2,5-6H2. The molecule has 0 saturated heterocycles. The van der Waals surface area contributed by atoms with Crippen molar-refractivity contribution in [3.05, 3.63) is 35.4 Å². The summed E-state index contributed by atoms with van der Waals surface area (Å²) in [6.07, 6.45) is -2.37. The van der Waals surface area contributed by atoms with Gasteiger partial charge in [-0.1, -0.05) is 12.1 Å². The molecule has 0 heterocycles. The number of hydrogen-bond donors (Lipinski definition) is 1. The Morgan fingerprint density at radius 3 is 2.33 bits per heavy atom. The molecule has 0 unspecified atom stereocenters. The molecule has 0 spiro atoms. The van der Waals surface area contributed by atoms with Gasteiger partial charge < -0.3 is 5.11 Å². The SMILES string of the molecule is OC1(c2cccc(C(F)(F)F)c2)CCC1. The Morgan fingerprint density at radius 2 is 1.87 bits per heavy atom. The number of benzene rings is 1. The molecule has 82 valence electrons. The van der Waals surface area contributed by atoms with Crippen molar-refractivity contribution >= 4 is 0 Å². The molecule has 1 N–H and O–H groups in total. The van der Waals surface area contributed by atoms with Gasteiger partial charge in [0, 0.05) is 0 Å². The van der Waals surface area contributed by atoms with Gasteiger partial charge in [-0.05, 0) is 37.0 Å².